The Kier molecular flexibility index (Phi) is 5.81. The van der Waals surface area contributed by atoms with Crippen LogP contribution in [0.3, 0.4) is 0 Å². The van der Waals surface area contributed by atoms with E-state index in [0.717, 1.165) is 6.42 Å². The van der Waals surface area contributed by atoms with E-state index in [0.29, 0.717) is 5.92 Å². The molecule has 0 aliphatic heterocycles. The molecular weight excluding hydrogens is 204 g/mol. The molecule has 0 aliphatic rings. The highest BCUT2D eigenvalue weighted by molar-refractivity contribution is 5.63. The van der Waals surface area contributed by atoms with Crippen LogP contribution in [0.5, 0.6) is 0 Å². The second-order valence-corrected chi connectivity index (χ2v) is 4.01. The van der Waals surface area contributed by atoms with Crippen LogP contribution in [0.1, 0.15) is 18.9 Å². The minimum absolute atomic E-state index is 0.381. The summed E-state index contributed by atoms with van der Waals surface area (Å²) in [6.45, 7) is 9.67. The highest BCUT2D eigenvalue weighted by Crippen LogP contribution is 2.16. The molecule has 0 nitrogen and oxygen atoms in total. The van der Waals surface area contributed by atoms with Gasteiger partial charge in [-0.1, -0.05) is 67.3 Å². The van der Waals surface area contributed by atoms with Crippen molar-refractivity contribution in [3.8, 4) is 0 Å². The quantitative estimate of drug-likeness (QED) is 0.470. The topological polar surface area (TPSA) is 0 Å². The van der Waals surface area contributed by atoms with Crippen LogP contribution in [0.4, 0.5) is 0 Å². The van der Waals surface area contributed by atoms with Crippen molar-refractivity contribution in [2.45, 2.75) is 13.3 Å². The van der Waals surface area contributed by atoms with Gasteiger partial charge in [0.25, 0.3) is 0 Å². The molecule has 0 fully saturated rings. The van der Waals surface area contributed by atoms with Gasteiger partial charge in [0.15, 0.2) is 0 Å². The Balaban J connectivity index is 2.66. The lowest BCUT2D eigenvalue weighted by molar-refractivity contribution is 0.835. The molecule has 0 bridgehead atoms. The molecular formula is C17H20. The first kappa shape index (κ1) is 13.2. The lowest BCUT2D eigenvalue weighted by Gasteiger charge is -2.05. The Hall–Kier alpha value is -1.82. The molecule has 0 heteroatoms. The third-order valence-corrected chi connectivity index (χ3v) is 2.72. The first-order valence-corrected chi connectivity index (χ1v) is 5.92. The molecule has 17 heavy (non-hydrogen) atoms. The SMILES string of the molecule is C=C/C=C\C(C=C)C/C=C(\C)c1ccccc1. The number of benzene rings is 1. The Bertz CT molecular complexity index is 407. The molecule has 1 unspecified atom stereocenters. The van der Waals surface area contributed by atoms with Gasteiger partial charge in [0.05, 0.1) is 0 Å². The average Bonchev–Trinajstić information content (AvgIpc) is 2.39. The van der Waals surface area contributed by atoms with Crippen molar-refractivity contribution < 1.29 is 0 Å². The number of hydrogen-bond acceptors (Lipinski definition) is 0. The van der Waals surface area contributed by atoms with Gasteiger partial charge >= 0.3 is 0 Å². The molecule has 1 aromatic carbocycles. The fraction of sp³-hybridized carbons (Fsp3) is 0.176. The Morgan fingerprint density at radius 3 is 2.53 bits per heavy atom. The van der Waals surface area contributed by atoms with E-state index in [9.17, 15) is 0 Å². The summed E-state index contributed by atoms with van der Waals surface area (Å²) < 4.78 is 0. The Labute approximate surface area is 105 Å². The minimum atomic E-state index is 0.381. The van der Waals surface area contributed by atoms with Gasteiger partial charge in [-0.05, 0) is 30.4 Å². The summed E-state index contributed by atoms with van der Waals surface area (Å²) >= 11 is 0. The van der Waals surface area contributed by atoms with Crippen LogP contribution in [-0.4, -0.2) is 0 Å². The zero-order valence-corrected chi connectivity index (χ0v) is 10.5. The number of allylic oxidation sites excluding steroid dienone is 6. The monoisotopic (exact) mass is 224 g/mol. The second-order valence-electron chi connectivity index (χ2n) is 4.01. The maximum atomic E-state index is 3.85. The van der Waals surface area contributed by atoms with E-state index in [4.69, 9.17) is 0 Å². The summed E-state index contributed by atoms with van der Waals surface area (Å²) in [6, 6.07) is 10.4. The molecule has 0 aromatic heterocycles. The maximum absolute atomic E-state index is 3.85. The van der Waals surface area contributed by atoms with Gasteiger partial charge in [0.2, 0.25) is 0 Å². The van der Waals surface area contributed by atoms with Crippen LogP contribution in [-0.2, 0) is 0 Å². The van der Waals surface area contributed by atoms with Gasteiger partial charge in [0.1, 0.15) is 0 Å². The molecule has 88 valence electrons. The molecule has 0 saturated heterocycles. The normalized spacial score (nSPS) is 13.6. The Morgan fingerprint density at radius 1 is 1.24 bits per heavy atom. The Morgan fingerprint density at radius 2 is 1.94 bits per heavy atom. The van der Waals surface area contributed by atoms with E-state index in [1.54, 1.807) is 6.08 Å². The van der Waals surface area contributed by atoms with Gasteiger partial charge in [-0.15, -0.1) is 6.58 Å². The van der Waals surface area contributed by atoms with Gasteiger partial charge in [-0.25, -0.2) is 0 Å². The van der Waals surface area contributed by atoms with E-state index in [1.807, 2.05) is 18.2 Å². The van der Waals surface area contributed by atoms with E-state index in [-0.39, 0.29) is 0 Å². The second kappa shape index (κ2) is 7.45. The number of hydrogen-bond donors (Lipinski definition) is 0. The van der Waals surface area contributed by atoms with Crippen molar-refractivity contribution in [2.24, 2.45) is 5.92 Å². The fourth-order valence-corrected chi connectivity index (χ4v) is 1.61. The zero-order chi connectivity index (χ0) is 12.5. The highest BCUT2D eigenvalue weighted by atomic mass is 14.0. The summed E-state index contributed by atoms with van der Waals surface area (Å²) in [4.78, 5) is 0. The van der Waals surface area contributed by atoms with E-state index in [1.165, 1.54) is 11.1 Å². The molecule has 0 radical (unpaired) electrons. The van der Waals surface area contributed by atoms with Crippen molar-refractivity contribution in [3.63, 3.8) is 0 Å². The molecule has 0 amide bonds. The standard InChI is InChI=1S/C17H20/c1-4-6-10-16(5-2)14-13-15(3)17-11-8-7-9-12-17/h4-13,16H,1-2,14H2,3H3/b10-6-,15-13+. The molecule has 0 aliphatic carbocycles. The first-order valence-electron chi connectivity index (χ1n) is 5.92. The first-order chi connectivity index (χ1) is 8.27. The van der Waals surface area contributed by atoms with Gasteiger partial charge in [0, 0.05) is 0 Å². The summed E-state index contributed by atoms with van der Waals surface area (Å²) in [6.07, 6.45) is 11.1. The fourth-order valence-electron chi connectivity index (χ4n) is 1.61. The maximum Gasteiger partial charge on any atom is -0.00183 e. The minimum Gasteiger partial charge on any atom is -0.102 e. The van der Waals surface area contributed by atoms with Crippen molar-refractivity contribution in [1.29, 1.82) is 0 Å². The highest BCUT2D eigenvalue weighted by Gasteiger charge is 1.98. The van der Waals surface area contributed by atoms with Gasteiger partial charge in [-0.2, -0.15) is 0 Å². The van der Waals surface area contributed by atoms with Crippen LogP contribution in [0.15, 0.2) is 73.9 Å². The average molecular weight is 224 g/mol. The third-order valence-electron chi connectivity index (χ3n) is 2.72. The van der Waals surface area contributed by atoms with Gasteiger partial charge < -0.3 is 0 Å². The molecule has 1 rings (SSSR count). The molecule has 1 aromatic rings. The van der Waals surface area contributed by atoms with Crippen molar-refractivity contribution in [1.82, 2.24) is 0 Å². The molecule has 0 saturated carbocycles. The molecule has 0 spiro atoms. The summed E-state index contributed by atoms with van der Waals surface area (Å²) in [5.74, 6) is 0.381. The van der Waals surface area contributed by atoms with E-state index < -0.39 is 0 Å². The lowest BCUT2D eigenvalue weighted by atomic mass is 10.0. The third kappa shape index (κ3) is 4.69. The van der Waals surface area contributed by atoms with Gasteiger partial charge in [-0.3, -0.25) is 0 Å². The summed E-state index contributed by atoms with van der Waals surface area (Å²) in [7, 11) is 0. The van der Waals surface area contributed by atoms with E-state index >= 15 is 0 Å². The molecule has 0 N–H and O–H groups in total. The smallest absolute Gasteiger partial charge is 0.00183 e. The van der Waals surface area contributed by atoms with Crippen LogP contribution in [0.2, 0.25) is 0 Å². The molecule has 1 atom stereocenters. The van der Waals surface area contributed by atoms with Crippen LogP contribution >= 0.6 is 0 Å². The zero-order valence-electron chi connectivity index (χ0n) is 10.5. The lowest BCUT2D eigenvalue weighted by Crippen LogP contribution is -1.89. The predicted octanol–water partition coefficient (Wildman–Crippen LogP) is 5.02. The summed E-state index contributed by atoms with van der Waals surface area (Å²) in [5, 5.41) is 0. The van der Waals surface area contributed by atoms with Crippen molar-refractivity contribution >= 4 is 5.57 Å². The van der Waals surface area contributed by atoms with Crippen LogP contribution in [0, 0.1) is 5.92 Å². The summed E-state index contributed by atoms with van der Waals surface area (Å²) in [5.41, 5.74) is 2.59. The van der Waals surface area contributed by atoms with Crippen molar-refractivity contribution in [2.75, 3.05) is 0 Å². The predicted molar refractivity (Wildman–Crippen MR) is 77.7 cm³/mol. The number of rotatable bonds is 6. The van der Waals surface area contributed by atoms with Crippen molar-refractivity contribution in [3.05, 3.63) is 79.4 Å². The largest absolute Gasteiger partial charge is 0.102 e. The van der Waals surface area contributed by atoms with Crippen LogP contribution < -0.4 is 0 Å². The van der Waals surface area contributed by atoms with E-state index in [2.05, 4.69) is 56.5 Å². The van der Waals surface area contributed by atoms with Crippen LogP contribution in [0.25, 0.3) is 5.57 Å². The molecule has 0 heterocycles.